The Morgan fingerprint density at radius 3 is 2.29 bits per heavy atom. The number of amides is 1. The van der Waals surface area contributed by atoms with Gasteiger partial charge in [0.15, 0.2) is 5.76 Å². The number of methoxy groups -OCH3 is 1. The van der Waals surface area contributed by atoms with Crippen molar-refractivity contribution < 1.29 is 14.6 Å². The van der Waals surface area contributed by atoms with Gasteiger partial charge in [-0.1, -0.05) is 72.8 Å². The van der Waals surface area contributed by atoms with Gasteiger partial charge in [0, 0.05) is 12.1 Å². The molecule has 0 bridgehead atoms. The number of carbonyl (C=O) groups is 1. The number of hydrogen-bond donors (Lipinski definition) is 1. The molecule has 28 heavy (non-hydrogen) atoms. The standard InChI is InChI=1S/C24H21NO3/c1-28-20-14-8-9-17(15-20)16-25-22(19-12-6-3-7-13-19)21(23(26)24(25)27)18-10-4-2-5-11-18/h2-15,22,26H,16H2,1H3/t22-/m1/s1. The van der Waals surface area contributed by atoms with Gasteiger partial charge in [-0.3, -0.25) is 4.79 Å². The molecule has 0 saturated carbocycles. The maximum absolute atomic E-state index is 13.0. The number of rotatable bonds is 5. The molecule has 1 amide bonds. The molecule has 0 unspecified atom stereocenters. The van der Waals surface area contributed by atoms with Gasteiger partial charge >= 0.3 is 0 Å². The second kappa shape index (κ2) is 7.61. The minimum absolute atomic E-state index is 0.192. The Labute approximate surface area is 164 Å². The molecule has 1 heterocycles. The smallest absolute Gasteiger partial charge is 0.290 e. The fourth-order valence-electron chi connectivity index (χ4n) is 3.68. The van der Waals surface area contributed by atoms with Gasteiger partial charge in [-0.2, -0.15) is 0 Å². The highest BCUT2D eigenvalue weighted by molar-refractivity contribution is 6.05. The van der Waals surface area contributed by atoms with Crippen LogP contribution < -0.4 is 4.74 Å². The van der Waals surface area contributed by atoms with Crippen LogP contribution in [0.25, 0.3) is 5.57 Å². The van der Waals surface area contributed by atoms with E-state index < -0.39 is 0 Å². The second-order valence-electron chi connectivity index (χ2n) is 6.73. The molecule has 140 valence electrons. The molecular formula is C24H21NO3. The molecule has 3 aromatic carbocycles. The summed E-state index contributed by atoms with van der Waals surface area (Å²) in [4.78, 5) is 14.7. The lowest BCUT2D eigenvalue weighted by molar-refractivity contribution is -0.130. The SMILES string of the molecule is COc1cccc(CN2C(=O)C(O)=C(c3ccccc3)[C@H]2c2ccccc2)c1. The van der Waals surface area contributed by atoms with Crippen molar-refractivity contribution in [2.75, 3.05) is 7.11 Å². The summed E-state index contributed by atoms with van der Waals surface area (Å²) < 4.78 is 5.31. The first-order valence-corrected chi connectivity index (χ1v) is 9.16. The Hall–Kier alpha value is -3.53. The predicted molar refractivity (Wildman–Crippen MR) is 109 cm³/mol. The molecule has 4 rings (SSSR count). The van der Waals surface area contributed by atoms with Crippen LogP contribution in [-0.2, 0) is 11.3 Å². The van der Waals surface area contributed by atoms with Crippen LogP contribution in [0, 0.1) is 0 Å². The van der Waals surface area contributed by atoms with E-state index in [1.54, 1.807) is 12.0 Å². The van der Waals surface area contributed by atoms with Crippen molar-refractivity contribution in [3.8, 4) is 5.75 Å². The molecule has 3 aromatic rings. The van der Waals surface area contributed by atoms with Gasteiger partial charge in [-0.05, 0) is 28.8 Å². The molecule has 0 spiro atoms. The van der Waals surface area contributed by atoms with Gasteiger partial charge in [0.05, 0.1) is 13.2 Å². The van der Waals surface area contributed by atoms with E-state index in [9.17, 15) is 9.90 Å². The van der Waals surface area contributed by atoms with E-state index in [2.05, 4.69) is 0 Å². The summed E-state index contributed by atoms with van der Waals surface area (Å²) in [5.74, 6) is 0.180. The highest BCUT2D eigenvalue weighted by atomic mass is 16.5. The number of hydrogen-bond acceptors (Lipinski definition) is 3. The van der Waals surface area contributed by atoms with Gasteiger partial charge < -0.3 is 14.7 Å². The van der Waals surface area contributed by atoms with Crippen molar-refractivity contribution in [3.05, 3.63) is 107 Å². The van der Waals surface area contributed by atoms with Gasteiger partial charge in [-0.15, -0.1) is 0 Å². The van der Waals surface area contributed by atoms with E-state index in [0.717, 1.165) is 22.4 Å². The average Bonchev–Trinajstić information content (AvgIpc) is 3.00. The van der Waals surface area contributed by atoms with Gasteiger partial charge in [0.2, 0.25) is 0 Å². The molecular weight excluding hydrogens is 350 g/mol. The van der Waals surface area contributed by atoms with Crippen LogP contribution in [0.3, 0.4) is 0 Å². The van der Waals surface area contributed by atoms with Gasteiger partial charge in [-0.25, -0.2) is 0 Å². The molecule has 0 radical (unpaired) electrons. The van der Waals surface area contributed by atoms with Gasteiger partial charge in [0.25, 0.3) is 5.91 Å². The van der Waals surface area contributed by atoms with Crippen LogP contribution in [-0.4, -0.2) is 23.0 Å². The predicted octanol–water partition coefficient (Wildman–Crippen LogP) is 4.75. The minimum Gasteiger partial charge on any atom is -0.503 e. The monoisotopic (exact) mass is 371 g/mol. The molecule has 1 N–H and O–H groups in total. The Balaban J connectivity index is 1.78. The first-order valence-electron chi connectivity index (χ1n) is 9.16. The average molecular weight is 371 g/mol. The Morgan fingerprint density at radius 2 is 1.61 bits per heavy atom. The van der Waals surface area contributed by atoms with Crippen molar-refractivity contribution >= 4 is 11.5 Å². The van der Waals surface area contributed by atoms with Crippen LogP contribution in [0.15, 0.2) is 90.7 Å². The summed E-state index contributed by atoms with van der Waals surface area (Å²) >= 11 is 0. The van der Waals surface area contributed by atoms with Crippen LogP contribution >= 0.6 is 0 Å². The van der Waals surface area contributed by atoms with Crippen molar-refractivity contribution in [2.24, 2.45) is 0 Å². The summed E-state index contributed by atoms with van der Waals surface area (Å²) in [6.45, 7) is 0.371. The van der Waals surface area contributed by atoms with Crippen LogP contribution in [0.1, 0.15) is 22.7 Å². The molecule has 1 aliphatic rings. The summed E-state index contributed by atoms with van der Waals surface area (Å²) in [5, 5.41) is 10.8. The highest BCUT2D eigenvalue weighted by Gasteiger charge is 2.40. The zero-order chi connectivity index (χ0) is 19.5. The lowest BCUT2D eigenvalue weighted by Crippen LogP contribution is -2.29. The molecule has 1 aliphatic heterocycles. The number of aliphatic hydroxyl groups excluding tert-OH is 1. The number of aliphatic hydroxyl groups is 1. The maximum Gasteiger partial charge on any atom is 0.290 e. The van der Waals surface area contributed by atoms with E-state index in [4.69, 9.17) is 4.74 Å². The van der Waals surface area contributed by atoms with Crippen LogP contribution in [0.2, 0.25) is 0 Å². The third-order valence-corrected chi connectivity index (χ3v) is 4.99. The van der Waals surface area contributed by atoms with Crippen LogP contribution in [0.4, 0.5) is 0 Å². The first-order chi connectivity index (χ1) is 13.7. The minimum atomic E-state index is -0.365. The fraction of sp³-hybridized carbons (Fsp3) is 0.125. The van der Waals surface area contributed by atoms with Crippen LogP contribution in [0.5, 0.6) is 5.75 Å². The van der Waals surface area contributed by atoms with Crippen molar-refractivity contribution in [1.29, 1.82) is 0 Å². The lowest BCUT2D eigenvalue weighted by atomic mass is 9.93. The highest BCUT2D eigenvalue weighted by Crippen LogP contribution is 2.43. The number of ether oxygens (including phenoxy) is 1. The number of nitrogens with zero attached hydrogens (tertiary/aromatic N) is 1. The third-order valence-electron chi connectivity index (χ3n) is 4.99. The Morgan fingerprint density at radius 1 is 0.929 bits per heavy atom. The summed E-state index contributed by atoms with van der Waals surface area (Å²) in [6, 6.07) is 26.7. The zero-order valence-electron chi connectivity index (χ0n) is 15.6. The van der Waals surface area contributed by atoms with E-state index in [1.165, 1.54) is 0 Å². The third kappa shape index (κ3) is 3.25. The molecule has 0 fully saturated rings. The summed E-state index contributed by atoms with van der Waals surface area (Å²) in [5.41, 5.74) is 3.38. The quantitative estimate of drug-likeness (QED) is 0.704. The molecule has 0 aliphatic carbocycles. The zero-order valence-corrected chi connectivity index (χ0v) is 15.6. The van der Waals surface area contributed by atoms with E-state index in [0.29, 0.717) is 12.1 Å². The van der Waals surface area contributed by atoms with Crippen molar-refractivity contribution in [2.45, 2.75) is 12.6 Å². The molecule has 0 aromatic heterocycles. The fourth-order valence-corrected chi connectivity index (χ4v) is 3.68. The number of benzene rings is 3. The lowest BCUT2D eigenvalue weighted by Gasteiger charge is -2.27. The molecule has 0 saturated heterocycles. The summed E-state index contributed by atoms with van der Waals surface area (Å²) in [7, 11) is 1.62. The maximum atomic E-state index is 13.0. The topological polar surface area (TPSA) is 49.8 Å². The van der Waals surface area contributed by atoms with Gasteiger partial charge in [0.1, 0.15) is 5.75 Å². The second-order valence-corrected chi connectivity index (χ2v) is 6.73. The normalized spacial score (nSPS) is 16.5. The first kappa shape index (κ1) is 17.9. The largest absolute Gasteiger partial charge is 0.503 e. The Kier molecular flexibility index (Phi) is 4.85. The summed E-state index contributed by atoms with van der Waals surface area (Å²) in [6.07, 6.45) is 0. The van der Waals surface area contributed by atoms with Crippen molar-refractivity contribution in [3.63, 3.8) is 0 Å². The Bertz CT molecular complexity index is 1010. The van der Waals surface area contributed by atoms with E-state index in [-0.39, 0.29) is 17.7 Å². The number of carbonyl (C=O) groups excluding carboxylic acids is 1. The van der Waals surface area contributed by atoms with Crippen molar-refractivity contribution in [1.82, 2.24) is 4.90 Å². The molecule has 1 atom stereocenters. The van der Waals surface area contributed by atoms with E-state index >= 15 is 0 Å². The molecule has 4 heteroatoms. The van der Waals surface area contributed by atoms with E-state index in [1.807, 2.05) is 84.9 Å². The molecule has 4 nitrogen and oxygen atoms in total.